The Balaban J connectivity index is 0.000000531. The quantitative estimate of drug-likeness (QED) is 0.667. The molecular weight excluding hydrogens is 182 g/mol. The normalized spacial score (nSPS) is 10.1. The summed E-state index contributed by atoms with van der Waals surface area (Å²) in [5, 5.41) is 1.19. The van der Waals surface area contributed by atoms with Gasteiger partial charge < -0.3 is 0 Å². The number of hydrogen-bond acceptors (Lipinski definition) is 1. The van der Waals surface area contributed by atoms with Gasteiger partial charge in [0.25, 0.3) is 0 Å². The van der Waals surface area contributed by atoms with E-state index in [9.17, 15) is 0 Å². The molecule has 0 radical (unpaired) electrons. The van der Waals surface area contributed by atoms with Crippen LogP contribution in [-0.2, 0) is 0 Å². The van der Waals surface area contributed by atoms with Crippen molar-refractivity contribution in [2.24, 2.45) is 0 Å². The fourth-order valence-corrected chi connectivity index (χ4v) is 1.37. The third-order valence-corrected chi connectivity index (χ3v) is 1.97. The van der Waals surface area contributed by atoms with Crippen LogP contribution in [0, 0.1) is 0 Å². The molecule has 2 aromatic rings. The number of pyridine rings is 1. The van der Waals surface area contributed by atoms with Gasteiger partial charge in [0.1, 0.15) is 0 Å². The van der Waals surface area contributed by atoms with Crippen LogP contribution in [0.2, 0.25) is 0 Å². The zero-order chi connectivity index (χ0) is 11.1. The van der Waals surface area contributed by atoms with Crippen molar-refractivity contribution in [3.63, 3.8) is 0 Å². The first-order valence-electron chi connectivity index (χ1n) is 5.37. The molecule has 0 spiro atoms. The Kier molecular flexibility index (Phi) is 4.55. The van der Waals surface area contributed by atoms with Crippen molar-refractivity contribution in [3.8, 4) is 0 Å². The van der Waals surface area contributed by atoms with Crippen molar-refractivity contribution >= 4 is 17.0 Å². The van der Waals surface area contributed by atoms with Crippen LogP contribution in [0.5, 0.6) is 0 Å². The summed E-state index contributed by atoms with van der Waals surface area (Å²) < 4.78 is 0. The molecule has 0 aliphatic carbocycles. The monoisotopic (exact) mass is 199 g/mol. The van der Waals surface area contributed by atoms with Crippen LogP contribution in [0.15, 0.2) is 42.6 Å². The molecule has 1 aromatic carbocycles. The third kappa shape index (κ3) is 2.91. The summed E-state index contributed by atoms with van der Waals surface area (Å²) in [7, 11) is 0. The van der Waals surface area contributed by atoms with Crippen molar-refractivity contribution < 1.29 is 0 Å². The standard InChI is InChI=1S/C12H11N.C2H6/c1-2-5-10-8-11-6-3-4-7-12(11)13-9-10;1-2/h2-9H,1H3;1-2H3/b5-2+;. The van der Waals surface area contributed by atoms with Crippen LogP contribution in [0.3, 0.4) is 0 Å². The SMILES string of the molecule is C/C=C/c1cnc2ccccc2c1.CC. The molecule has 0 saturated heterocycles. The van der Waals surface area contributed by atoms with Gasteiger partial charge in [0.15, 0.2) is 0 Å². The summed E-state index contributed by atoms with van der Waals surface area (Å²) >= 11 is 0. The maximum Gasteiger partial charge on any atom is 0.0702 e. The lowest BCUT2D eigenvalue weighted by atomic mass is 10.1. The van der Waals surface area contributed by atoms with Crippen LogP contribution in [0.1, 0.15) is 26.3 Å². The fourth-order valence-electron chi connectivity index (χ4n) is 1.37. The van der Waals surface area contributed by atoms with Crippen molar-refractivity contribution in [1.82, 2.24) is 4.98 Å². The van der Waals surface area contributed by atoms with E-state index in [2.05, 4.69) is 23.2 Å². The van der Waals surface area contributed by atoms with Crippen LogP contribution < -0.4 is 0 Å². The molecule has 0 unspecified atom stereocenters. The molecule has 0 saturated carbocycles. The first-order valence-corrected chi connectivity index (χ1v) is 5.37. The van der Waals surface area contributed by atoms with E-state index >= 15 is 0 Å². The largest absolute Gasteiger partial charge is 0.256 e. The molecule has 1 heteroatoms. The van der Waals surface area contributed by atoms with Gasteiger partial charge in [-0.25, -0.2) is 0 Å². The molecule has 0 bridgehead atoms. The van der Waals surface area contributed by atoms with Gasteiger partial charge in [0.05, 0.1) is 5.52 Å². The van der Waals surface area contributed by atoms with Crippen molar-refractivity contribution in [2.75, 3.05) is 0 Å². The predicted molar refractivity (Wildman–Crippen MR) is 67.8 cm³/mol. The van der Waals surface area contributed by atoms with Gasteiger partial charge in [-0.3, -0.25) is 4.98 Å². The van der Waals surface area contributed by atoms with Crippen LogP contribution in [0.25, 0.3) is 17.0 Å². The second-order valence-electron chi connectivity index (χ2n) is 2.96. The minimum absolute atomic E-state index is 1.05. The Morgan fingerprint density at radius 1 is 1.13 bits per heavy atom. The molecule has 1 heterocycles. The topological polar surface area (TPSA) is 12.9 Å². The molecule has 0 N–H and O–H groups in total. The summed E-state index contributed by atoms with van der Waals surface area (Å²) in [6.45, 7) is 6.01. The first kappa shape index (κ1) is 11.4. The Hall–Kier alpha value is -1.63. The Morgan fingerprint density at radius 2 is 1.87 bits per heavy atom. The number of para-hydroxylation sites is 1. The van der Waals surface area contributed by atoms with E-state index in [1.807, 2.05) is 51.2 Å². The van der Waals surface area contributed by atoms with E-state index in [1.165, 1.54) is 5.39 Å². The maximum absolute atomic E-state index is 4.35. The van der Waals surface area contributed by atoms with Gasteiger partial charge in [-0.05, 0) is 24.6 Å². The number of benzene rings is 1. The number of hydrogen-bond donors (Lipinski definition) is 0. The second kappa shape index (κ2) is 5.97. The van der Waals surface area contributed by atoms with Crippen LogP contribution >= 0.6 is 0 Å². The van der Waals surface area contributed by atoms with Gasteiger partial charge >= 0.3 is 0 Å². The molecule has 0 aliphatic rings. The summed E-state index contributed by atoms with van der Waals surface area (Å²) in [5.74, 6) is 0. The number of aromatic nitrogens is 1. The van der Waals surface area contributed by atoms with Crippen molar-refractivity contribution in [2.45, 2.75) is 20.8 Å². The van der Waals surface area contributed by atoms with Crippen molar-refractivity contribution in [3.05, 3.63) is 48.2 Å². The van der Waals surface area contributed by atoms with E-state index in [1.54, 1.807) is 0 Å². The van der Waals surface area contributed by atoms with Crippen molar-refractivity contribution in [1.29, 1.82) is 0 Å². The van der Waals surface area contributed by atoms with E-state index < -0.39 is 0 Å². The smallest absolute Gasteiger partial charge is 0.0702 e. The zero-order valence-corrected chi connectivity index (χ0v) is 9.57. The highest BCUT2D eigenvalue weighted by molar-refractivity contribution is 5.80. The Labute approximate surface area is 91.5 Å². The molecule has 1 aromatic heterocycles. The highest BCUT2D eigenvalue weighted by Crippen LogP contribution is 2.13. The lowest BCUT2D eigenvalue weighted by molar-refractivity contribution is 1.40. The fraction of sp³-hybridized carbons (Fsp3) is 0.214. The molecule has 78 valence electrons. The summed E-state index contributed by atoms with van der Waals surface area (Å²) in [6.07, 6.45) is 5.97. The molecule has 15 heavy (non-hydrogen) atoms. The predicted octanol–water partition coefficient (Wildman–Crippen LogP) is 4.29. The van der Waals surface area contributed by atoms with E-state index in [4.69, 9.17) is 0 Å². The third-order valence-electron chi connectivity index (χ3n) is 1.97. The average molecular weight is 199 g/mol. The number of allylic oxidation sites excluding steroid dienone is 1. The van der Waals surface area contributed by atoms with Gasteiger partial charge in [-0.2, -0.15) is 0 Å². The minimum atomic E-state index is 1.05. The van der Waals surface area contributed by atoms with Crippen LogP contribution in [0.4, 0.5) is 0 Å². The first-order chi connectivity index (χ1) is 7.40. The van der Waals surface area contributed by atoms with E-state index in [0.717, 1.165) is 11.1 Å². The molecule has 0 fully saturated rings. The molecule has 1 nitrogen and oxygen atoms in total. The van der Waals surface area contributed by atoms with E-state index in [0.29, 0.717) is 0 Å². The number of nitrogens with zero attached hydrogens (tertiary/aromatic N) is 1. The Morgan fingerprint density at radius 3 is 2.60 bits per heavy atom. The maximum atomic E-state index is 4.35. The van der Waals surface area contributed by atoms with Gasteiger partial charge in [0.2, 0.25) is 0 Å². The average Bonchev–Trinajstić information content (AvgIpc) is 2.32. The zero-order valence-electron chi connectivity index (χ0n) is 9.57. The summed E-state index contributed by atoms with van der Waals surface area (Å²) in [6, 6.07) is 10.3. The highest BCUT2D eigenvalue weighted by atomic mass is 14.6. The molecule has 0 aliphatic heterocycles. The molecule has 0 atom stereocenters. The van der Waals surface area contributed by atoms with Crippen LogP contribution in [-0.4, -0.2) is 4.98 Å². The lowest BCUT2D eigenvalue weighted by Gasteiger charge is -1.97. The molecule has 0 amide bonds. The Bertz CT molecular complexity index is 444. The van der Waals surface area contributed by atoms with Gasteiger partial charge in [-0.15, -0.1) is 0 Å². The summed E-state index contributed by atoms with van der Waals surface area (Å²) in [4.78, 5) is 4.35. The number of fused-ring (bicyclic) bond motifs is 1. The minimum Gasteiger partial charge on any atom is -0.256 e. The highest BCUT2D eigenvalue weighted by Gasteiger charge is 1.92. The molecule has 2 rings (SSSR count). The second-order valence-corrected chi connectivity index (χ2v) is 2.96. The number of rotatable bonds is 1. The van der Waals surface area contributed by atoms with Gasteiger partial charge in [0, 0.05) is 11.6 Å². The van der Waals surface area contributed by atoms with E-state index in [-0.39, 0.29) is 0 Å². The summed E-state index contributed by atoms with van der Waals surface area (Å²) in [5.41, 5.74) is 2.21. The molecular formula is C14H17N. The lowest BCUT2D eigenvalue weighted by Crippen LogP contribution is -1.79. The van der Waals surface area contributed by atoms with Gasteiger partial charge in [-0.1, -0.05) is 44.2 Å².